The molecule has 7 nitrogen and oxygen atoms in total. The molecular formula is C25H28N2O5. The molecule has 2 amide bonds. The second-order valence-corrected chi connectivity index (χ2v) is 8.63. The predicted octanol–water partition coefficient (Wildman–Crippen LogP) is 3.82. The maximum absolute atomic E-state index is 12.9. The topological polar surface area (TPSA) is 105 Å². The lowest BCUT2D eigenvalue weighted by molar-refractivity contribution is -0.142. The molecule has 2 aromatic carbocycles. The Balaban J connectivity index is 1.46. The minimum absolute atomic E-state index is 0.0729. The van der Waals surface area contributed by atoms with Crippen LogP contribution >= 0.6 is 0 Å². The molecule has 168 valence electrons. The van der Waals surface area contributed by atoms with Crippen LogP contribution < -0.4 is 10.6 Å². The van der Waals surface area contributed by atoms with E-state index in [9.17, 15) is 14.4 Å². The number of carbonyl (C=O) groups is 3. The van der Waals surface area contributed by atoms with Crippen molar-refractivity contribution < 1.29 is 24.2 Å². The highest BCUT2D eigenvalue weighted by Gasteiger charge is 2.42. The van der Waals surface area contributed by atoms with Gasteiger partial charge in [-0.05, 0) is 42.0 Å². The smallest absolute Gasteiger partial charge is 0.408 e. The highest BCUT2D eigenvalue weighted by atomic mass is 16.5. The maximum Gasteiger partial charge on any atom is 0.408 e. The Kier molecular flexibility index (Phi) is 6.17. The van der Waals surface area contributed by atoms with Gasteiger partial charge in [-0.25, -0.2) is 4.79 Å². The molecule has 0 radical (unpaired) electrons. The summed E-state index contributed by atoms with van der Waals surface area (Å²) in [4.78, 5) is 36.9. The van der Waals surface area contributed by atoms with Crippen molar-refractivity contribution in [2.75, 3.05) is 6.61 Å². The first-order chi connectivity index (χ1) is 15.4. The van der Waals surface area contributed by atoms with Gasteiger partial charge in [0.05, 0.1) is 0 Å². The number of hydrogen-bond donors (Lipinski definition) is 3. The fourth-order valence-corrected chi connectivity index (χ4v) is 4.79. The van der Waals surface area contributed by atoms with Crippen molar-refractivity contribution in [3.05, 3.63) is 59.7 Å². The van der Waals surface area contributed by atoms with Crippen LogP contribution in [0.5, 0.6) is 0 Å². The van der Waals surface area contributed by atoms with E-state index in [-0.39, 0.29) is 12.5 Å². The molecule has 0 heterocycles. The molecule has 1 saturated carbocycles. The van der Waals surface area contributed by atoms with Gasteiger partial charge in [0.25, 0.3) is 0 Å². The molecule has 1 fully saturated rings. The summed E-state index contributed by atoms with van der Waals surface area (Å²) in [6.45, 7) is 1.56. The van der Waals surface area contributed by atoms with Crippen molar-refractivity contribution in [2.45, 2.75) is 56.5 Å². The highest BCUT2D eigenvalue weighted by molar-refractivity contribution is 5.92. The number of amides is 2. The molecule has 0 aromatic heterocycles. The lowest BCUT2D eigenvalue weighted by atomic mass is 9.81. The fourth-order valence-electron chi connectivity index (χ4n) is 4.79. The Labute approximate surface area is 187 Å². The normalized spacial score (nSPS) is 17.5. The van der Waals surface area contributed by atoms with Crippen molar-refractivity contribution in [2.24, 2.45) is 0 Å². The van der Waals surface area contributed by atoms with E-state index >= 15 is 0 Å². The zero-order valence-electron chi connectivity index (χ0n) is 18.1. The van der Waals surface area contributed by atoms with Crippen molar-refractivity contribution in [3.8, 4) is 11.1 Å². The van der Waals surface area contributed by atoms with Crippen LogP contribution in [0.25, 0.3) is 11.1 Å². The number of carbonyl (C=O) groups excluding carboxylic acids is 2. The van der Waals surface area contributed by atoms with Crippen molar-refractivity contribution in [3.63, 3.8) is 0 Å². The molecule has 0 aliphatic heterocycles. The summed E-state index contributed by atoms with van der Waals surface area (Å²) < 4.78 is 5.62. The molecule has 1 atom stereocenters. The molecule has 0 bridgehead atoms. The predicted molar refractivity (Wildman–Crippen MR) is 119 cm³/mol. The van der Waals surface area contributed by atoms with Crippen molar-refractivity contribution >= 4 is 18.0 Å². The minimum atomic E-state index is -1.15. The van der Waals surface area contributed by atoms with E-state index < -0.39 is 29.6 Å². The van der Waals surface area contributed by atoms with Crippen LogP contribution in [0.1, 0.15) is 56.1 Å². The third-order valence-corrected chi connectivity index (χ3v) is 6.54. The first-order valence-electron chi connectivity index (χ1n) is 11.1. The van der Waals surface area contributed by atoms with Crippen LogP contribution in [0.4, 0.5) is 4.79 Å². The lowest BCUT2D eigenvalue weighted by Gasteiger charge is -2.36. The third-order valence-electron chi connectivity index (χ3n) is 6.54. The number of hydrogen-bond acceptors (Lipinski definition) is 4. The van der Waals surface area contributed by atoms with Crippen molar-refractivity contribution in [1.82, 2.24) is 10.6 Å². The van der Waals surface area contributed by atoms with Gasteiger partial charge >= 0.3 is 12.1 Å². The van der Waals surface area contributed by atoms with Crippen LogP contribution in [0.3, 0.4) is 0 Å². The molecule has 2 aliphatic rings. The van der Waals surface area contributed by atoms with Gasteiger partial charge in [-0.3, -0.25) is 9.59 Å². The largest absolute Gasteiger partial charge is 0.480 e. The summed E-state index contributed by atoms with van der Waals surface area (Å²) >= 11 is 0. The second-order valence-electron chi connectivity index (χ2n) is 8.63. The first kappa shape index (κ1) is 21.9. The Hall–Kier alpha value is -3.35. The van der Waals surface area contributed by atoms with Gasteiger partial charge in [0, 0.05) is 5.92 Å². The fraction of sp³-hybridized carbons (Fsp3) is 0.400. The summed E-state index contributed by atoms with van der Waals surface area (Å²) in [6.07, 6.45) is 2.77. The third kappa shape index (κ3) is 4.20. The standard InChI is InChI=1S/C25H28N2O5/c1-16(22(28)29)26-23(30)25(13-7-2-8-14-25)27-24(31)32-15-21-19-11-5-3-9-17(19)18-10-4-6-12-20(18)21/h3-6,9-12,16,21H,2,7-8,13-15H2,1H3,(H,26,30)(H,27,31)(H,28,29)/t16-/m0/s1. The number of alkyl carbamates (subject to hydrolysis) is 1. The zero-order chi connectivity index (χ0) is 22.7. The van der Waals surface area contributed by atoms with Crippen LogP contribution in [-0.4, -0.2) is 41.3 Å². The van der Waals surface area contributed by atoms with E-state index in [4.69, 9.17) is 9.84 Å². The zero-order valence-corrected chi connectivity index (χ0v) is 18.1. The van der Waals surface area contributed by atoms with Gasteiger partial charge < -0.3 is 20.5 Å². The van der Waals surface area contributed by atoms with E-state index in [0.29, 0.717) is 12.8 Å². The molecule has 0 saturated heterocycles. The van der Waals surface area contributed by atoms with E-state index in [2.05, 4.69) is 22.8 Å². The summed E-state index contributed by atoms with van der Waals surface area (Å²) in [7, 11) is 0. The van der Waals surface area contributed by atoms with Crippen LogP contribution in [0, 0.1) is 0 Å². The Bertz CT molecular complexity index is 983. The summed E-state index contributed by atoms with van der Waals surface area (Å²) in [5.41, 5.74) is 3.36. The lowest BCUT2D eigenvalue weighted by Crippen LogP contribution is -2.61. The number of nitrogens with one attached hydrogen (secondary N) is 2. The molecule has 4 rings (SSSR count). The minimum Gasteiger partial charge on any atom is -0.480 e. The summed E-state index contributed by atoms with van der Waals surface area (Å²) in [5, 5.41) is 14.4. The van der Waals surface area contributed by atoms with Gasteiger partial charge in [-0.2, -0.15) is 0 Å². The number of carboxylic acids is 1. The van der Waals surface area contributed by atoms with Gasteiger partial charge in [-0.1, -0.05) is 67.8 Å². The SMILES string of the molecule is C[C@H](NC(=O)C1(NC(=O)OCC2c3ccccc3-c3ccccc32)CCCCC1)C(=O)O. The number of fused-ring (bicyclic) bond motifs is 3. The second kappa shape index (κ2) is 9.02. The molecule has 3 N–H and O–H groups in total. The Morgan fingerprint density at radius 2 is 1.56 bits per heavy atom. The molecule has 2 aliphatic carbocycles. The number of rotatable bonds is 6. The number of benzene rings is 2. The number of carboxylic acid groups (broad SMARTS) is 1. The van der Waals surface area contributed by atoms with Crippen LogP contribution in [0.15, 0.2) is 48.5 Å². The average molecular weight is 437 g/mol. The first-order valence-corrected chi connectivity index (χ1v) is 11.1. The molecule has 0 spiro atoms. The summed E-state index contributed by atoms with van der Waals surface area (Å²) in [5.74, 6) is -1.66. The van der Waals surface area contributed by atoms with Crippen LogP contribution in [-0.2, 0) is 14.3 Å². The van der Waals surface area contributed by atoms with Gasteiger partial charge in [-0.15, -0.1) is 0 Å². The van der Waals surface area contributed by atoms with E-state index in [1.807, 2.05) is 36.4 Å². The number of aliphatic carboxylic acids is 1. The van der Waals surface area contributed by atoms with Gasteiger partial charge in [0.15, 0.2) is 0 Å². The highest BCUT2D eigenvalue weighted by Crippen LogP contribution is 2.44. The molecular weight excluding hydrogens is 408 g/mol. The van der Waals surface area contributed by atoms with Gasteiger partial charge in [0.2, 0.25) is 5.91 Å². The monoisotopic (exact) mass is 436 g/mol. The van der Waals surface area contributed by atoms with Gasteiger partial charge in [0.1, 0.15) is 18.2 Å². The molecule has 7 heteroatoms. The Morgan fingerprint density at radius 3 is 2.12 bits per heavy atom. The van der Waals surface area contributed by atoms with E-state index in [0.717, 1.165) is 41.5 Å². The van der Waals surface area contributed by atoms with Crippen LogP contribution in [0.2, 0.25) is 0 Å². The van der Waals surface area contributed by atoms with Crippen molar-refractivity contribution in [1.29, 1.82) is 0 Å². The maximum atomic E-state index is 12.9. The number of ether oxygens (including phenoxy) is 1. The van der Waals surface area contributed by atoms with E-state index in [1.165, 1.54) is 6.92 Å². The van der Waals surface area contributed by atoms with E-state index in [1.54, 1.807) is 0 Å². The summed E-state index contributed by atoms with van der Waals surface area (Å²) in [6, 6.07) is 15.1. The molecule has 0 unspecified atom stereocenters. The molecule has 32 heavy (non-hydrogen) atoms. The Morgan fingerprint density at radius 1 is 1.00 bits per heavy atom. The average Bonchev–Trinajstić information content (AvgIpc) is 3.12. The molecule has 2 aromatic rings. The quantitative estimate of drug-likeness (QED) is 0.639.